The average Bonchev–Trinajstić information content (AvgIpc) is 2.50. The summed E-state index contributed by atoms with van der Waals surface area (Å²) in [5, 5.41) is 1.04. The van der Waals surface area contributed by atoms with Gasteiger partial charge >= 0.3 is 0 Å². The van der Waals surface area contributed by atoms with Crippen LogP contribution in [0.3, 0.4) is 0 Å². The second-order valence-electron chi connectivity index (χ2n) is 5.57. The van der Waals surface area contributed by atoms with E-state index in [1.54, 1.807) is 0 Å². The molecule has 124 valence electrons. The van der Waals surface area contributed by atoms with Crippen molar-refractivity contribution in [1.82, 2.24) is 0 Å². The van der Waals surface area contributed by atoms with Crippen LogP contribution in [0, 0.1) is 6.07 Å². The molecule has 2 aromatic rings. The van der Waals surface area contributed by atoms with Crippen molar-refractivity contribution < 1.29 is 25.8 Å². The van der Waals surface area contributed by atoms with E-state index >= 15 is 0 Å². The third-order valence-corrected chi connectivity index (χ3v) is 4.51. The van der Waals surface area contributed by atoms with E-state index in [1.165, 1.54) is 5.56 Å². The zero-order valence-corrected chi connectivity index (χ0v) is 17.3. The van der Waals surface area contributed by atoms with Crippen LogP contribution in [0.25, 0.3) is 0 Å². The van der Waals surface area contributed by atoms with Crippen molar-refractivity contribution in [2.24, 2.45) is 0 Å². The molecule has 5 heteroatoms. The maximum atomic E-state index is 6.36. The number of rotatable bonds is 6. The van der Waals surface area contributed by atoms with Crippen LogP contribution in [-0.4, -0.2) is 12.5 Å². The molecule has 0 aliphatic rings. The van der Waals surface area contributed by atoms with Crippen LogP contribution >= 0.6 is 34.8 Å². The van der Waals surface area contributed by atoms with Gasteiger partial charge in [0.25, 0.3) is 0 Å². The van der Waals surface area contributed by atoms with E-state index < -0.39 is 0 Å². The molecule has 2 aromatic carbocycles. The predicted octanol–water partition coefficient (Wildman–Crippen LogP) is 6.12. The molecular weight excluding hydrogens is 434 g/mol. The van der Waals surface area contributed by atoms with Gasteiger partial charge in [-0.05, 0) is 29.5 Å². The van der Waals surface area contributed by atoms with Gasteiger partial charge in [-0.2, -0.15) is 30.3 Å². The Bertz CT molecular complexity index is 606. The second kappa shape index (κ2) is 9.33. The van der Waals surface area contributed by atoms with Gasteiger partial charge in [0.2, 0.25) is 0 Å². The Balaban J connectivity index is 0.00000264. The molecule has 0 heterocycles. The van der Waals surface area contributed by atoms with E-state index in [1.807, 2.05) is 36.4 Å². The zero-order chi connectivity index (χ0) is 16.2. The van der Waals surface area contributed by atoms with Gasteiger partial charge in [-0.15, -0.1) is 17.2 Å². The first-order valence-corrected chi connectivity index (χ1v) is 8.40. The van der Waals surface area contributed by atoms with Gasteiger partial charge in [-0.1, -0.05) is 37.0 Å². The molecule has 0 amide bonds. The average molecular weight is 453 g/mol. The molecule has 0 saturated heterocycles. The fourth-order valence-corrected chi connectivity index (χ4v) is 2.96. The molecule has 0 atom stereocenters. The van der Waals surface area contributed by atoms with Gasteiger partial charge < -0.3 is 4.74 Å². The standard InChI is InChI=1S/C18H18Cl3O.Mo/c1-18(2,13-7-4-3-5-8-13)14-11-15(20)17(16(21)12-14)22-10-6-9-19;/h4-5,7-8,11-12H,6,9-10H2,1-2H3;/q-1;. The topological polar surface area (TPSA) is 9.23 Å². The van der Waals surface area contributed by atoms with Crippen LogP contribution in [0.15, 0.2) is 36.4 Å². The number of ether oxygens (including phenoxy) is 1. The Morgan fingerprint density at radius 2 is 1.61 bits per heavy atom. The van der Waals surface area contributed by atoms with E-state index in [0.29, 0.717) is 28.3 Å². The molecule has 2 rings (SSSR count). The summed E-state index contributed by atoms with van der Waals surface area (Å²) in [5.41, 5.74) is 2.00. The molecule has 0 bridgehead atoms. The van der Waals surface area contributed by atoms with Gasteiger partial charge in [-0.3, -0.25) is 0 Å². The number of hydrogen-bond acceptors (Lipinski definition) is 1. The first-order valence-electron chi connectivity index (χ1n) is 7.11. The summed E-state index contributed by atoms with van der Waals surface area (Å²) in [5.74, 6) is 1.07. The third-order valence-electron chi connectivity index (χ3n) is 3.68. The number of alkyl halides is 1. The summed E-state index contributed by atoms with van der Waals surface area (Å²) in [6, 6.07) is 14.8. The molecule has 23 heavy (non-hydrogen) atoms. The first-order chi connectivity index (χ1) is 10.5. The van der Waals surface area contributed by atoms with Crippen LogP contribution in [0.2, 0.25) is 10.0 Å². The van der Waals surface area contributed by atoms with Crippen molar-refractivity contribution in [2.75, 3.05) is 12.5 Å². The molecule has 0 saturated carbocycles. The summed E-state index contributed by atoms with van der Waals surface area (Å²) in [7, 11) is 0. The molecule has 0 unspecified atom stereocenters. The van der Waals surface area contributed by atoms with Crippen molar-refractivity contribution in [3.05, 3.63) is 63.6 Å². The van der Waals surface area contributed by atoms with Gasteiger partial charge in [-0.25, -0.2) is 0 Å². The summed E-state index contributed by atoms with van der Waals surface area (Å²) >= 11 is 18.4. The molecule has 0 aliphatic heterocycles. The number of hydrogen-bond donors (Lipinski definition) is 0. The van der Waals surface area contributed by atoms with E-state index in [0.717, 1.165) is 12.0 Å². The first kappa shape index (κ1) is 20.8. The Hall–Kier alpha value is -0.202. The fourth-order valence-electron chi connectivity index (χ4n) is 2.26. The molecular formula is C18H18Cl3MoO-. The van der Waals surface area contributed by atoms with Gasteiger partial charge in [0.05, 0.1) is 16.7 Å². The number of halogens is 3. The van der Waals surface area contributed by atoms with Gasteiger partial charge in [0, 0.05) is 26.9 Å². The fraction of sp³-hybridized carbons (Fsp3) is 0.333. The largest absolute Gasteiger partial charge is 0.490 e. The number of benzene rings is 2. The normalized spacial score (nSPS) is 11.0. The van der Waals surface area contributed by atoms with E-state index in [4.69, 9.17) is 39.5 Å². The Labute approximate surface area is 167 Å². The molecule has 0 aliphatic carbocycles. The summed E-state index contributed by atoms with van der Waals surface area (Å²) in [6.45, 7) is 4.77. The summed E-state index contributed by atoms with van der Waals surface area (Å²) < 4.78 is 5.63. The molecule has 0 spiro atoms. The van der Waals surface area contributed by atoms with E-state index in [-0.39, 0.29) is 26.5 Å². The Morgan fingerprint density at radius 3 is 2.13 bits per heavy atom. The van der Waals surface area contributed by atoms with Crippen molar-refractivity contribution in [2.45, 2.75) is 25.7 Å². The molecule has 0 N–H and O–H groups in total. The minimum Gasteiger partial charge on any atom is -0.490 e. The predicted molar refractivity (Wildman–Crippen MR) is 94.7 cm³/mol. The van der Waals surface area contributed by atoms with Crippen LogP contribution in [-0.2, 0) is 26.5 Å². The SMILES string of the molecule is CC(C)(c1cc[c-]cc1)c1cc(Cl)c(OCCCCl)c(Cl)c1.[Mo]. The third kappa shape index (κ3) is 5.13. The van der Waals surface area contributed by atoms with Crippen molar-refractivity contribution in [3.63, 3.8) is 0 Å². The van der Waals surface area contributed by atoms with Gasteiger partial charge in [0.15, 0.2) is 5.75 Å². The maximum absolute atomic E-state index is 6.36. The summed E-state index contributed by atoms with van der Waals surface area (Å²) in [6.07, 6.45) is 0.752. The van der Waals surface area contributed by atoms with Crippen LogP contribution < -0.4 is 4.74 Å². The maximum Gasteiger partial charge on any atom is 0.156 e. The molecule has 1 nitrogen and oxygen atoms in total. The monoisotopic (exact) mass is 453 g/mol. The Kier molecular flexibility index (Phi) is 8.45. The minimum atomic E-state index is -0.211. The molecule has 0 radical (unpaired) electrons. The second-order valence-corrected chi connectivity index (χ2v) is 6.77. The minimum absolute atomic E-state index is 0. The van der Waals surface area contributed by atoms with E-state index in [9.17, 15) is 0 Å². The van der Waals surface area contributed by atoms with Crippen molar-refractivity contribution >= 4 is 34.8 Å². The van der Waals surface area contributed by atoms with Crippen molar-refractivity contribution in [3.8, 4) is 5.75 Å². The Morgan fingerprint density at radius 1 is 1.04 bits per heavy atom. The molecule has 0 aromatic heterocycles. The quantitative estimate of drug-likeness (QED) is 0.222. The zero-order valence-electron chi connectivity index (χ0n) is 13.0. The van der Waals surface area contributed by atoms with Crippen LogP contribution in [0.1, 0.15) is 31.4 Å². The van der Waals surface area contributed by atoms with Crippen LogP contribution in [0.5, 0.6) is 5.75 Å². The van der Waals surface area contributed by atoms with Crippen molar-refractivity contribution in [1.29, 1.82) is 0 Å². The smallest absolute Gasteiger partial charge is 0.156 e. The van der Waals surface area contributed by atoms with E-state index in [2.05, 4.69) is 19.9 Å². The van der Waals surface area contributed by atoms with Gasteiger partial charge in [0.1, 0.15) is 0 Å². The molecule has 0 fully saturated rings. The van der Waals surface area contributed by atoms with Crippen LogP contribution in [0.4, 0.5) is 0 Å². The summed E-state index contributed by atoms with van der Waals surface area (Å²) in [4.78, 5) is 0.